The van der Waals surface area contributed by atoms with Gasteiger partial charge in [0.15, 0.2) is 0 Å². The van der Waals surface area contributed by atoms with Crippen LogP contribution in [0.2, 0.25) is 0 Å². The highest BCUT2D eigenvalue weighted by Crippen LogP contribution is 2.21. The standard InChI is InChI=1S/C13H14F2N4/c1-8(7-16)17-13-5-4-12(18-19-13)10-3-2-9(14)6-11(10)15/h2-6,8H,7,16H2,1H3,(H,17,19). The minimum absolute atomic E-state index is 0.0720. The average Bonchev–Trinajstić information content (AvgIpc) is 2.40. The van der Waals surface area contributed by atoms with Crippen LogP contribution in [0.25, 0.3) is 11.3 Å². The van der Waals surface area contributed by atoms with E-state index < -0.39 is 11.6 Å². The summed E-state index contributed by atoms with van der Waals surface area (Å²) >= 11 is 0. The molecule has 2 aromatic rings. The van der Waals surface area contributed by atoms with Crippen molar-refractivity contribution in [2.24, 2.45) is 5.73 Å². The monoisotopic (exact) mass is 264 g/mol. The fraction of sp³-hybridized carbons (Fsp3) is 0.231. The van der Waals surface area contributed by atoms with Crippen molar-refractivity contribution in [3.8, 4) is 11.3 Å². The Morgan fingerprint density at radius 3 is 2.58 bits per heavy atom. The fourth-order valence-electron chi connectivity index (χ4n) is 1.56. The number of hydrogen-bond acceptors (Lipinski definition) is 4. The molecule has 0 aliphatic carbocycles. The van der Waals surface area contributed by atoms with Gasteiger partial charge in [0.2, 0.25) is 0 Å². The van der Waals surface area contributed by atoms with Gasteiger partial charge in [-0.1, -0.05) is 0 Å². The van der Waals surface area contributed by atoms with Gasteiger partial charge < -0.3 is 11.1 Å². The van der Waals surface area contributed by atoms with E-state index in [-0.39, 0.29) is 11.6 Å². The molecule has 0 spiro atoms. The molecule has 0 fully saturated rings. The van der Waals surface area contributed by atoms with E-state index in [1.165, 1.54) is 12.1 Å². The van der Waals surface area contributed by atoms with Crippen LogP contribution in [0.4, 0.5) is 14.6 Å². The predicted octanol–water partition coefficient (Wildman–Crippen LogP) is 2.18. The van der Waals surface area contributed by atoms with Gasteiger partial charge >= 0.3 is 0 Å². The lowest BCUT2D eigenvalue weighted by Gasteiger charge is -2.11. The molecule has 0 aliphatic rings. The van der Waals surface area contributed by atoms with Gasteiger partial charge in [-0.05, 0) is 31.2 Å². The van der Waals surface area contributed by atoms with E-state index in [1.54, 1.807) is 12.1 Å². The van der Waals surface area contributed by atoms with Crippen LogP contribution in [0.5, 0.6) is 0 Å². The predicted molar refractivity (Wildman–Crippen MR) is 69.5 cm³/mol. The molecular weight excluding hydrogens is 250 g/mol. The van der Waals surface area contributed by atoms with E-state index in [4.69, 9.17) is 5.73 Å². The van der Waals surface area contributed by atoms with Crippen molar-refractivity contribution in [1.29, 1.82) is 0 Å². The molecule has 6 heteroatoms. The molecule has 0 aliphatic heterocycles. The van der Waals surface area contributed by atoms with Crippen molar-refractivity contribution in [1.82, 2.24) is 10.2 Å². The first-order valence-electron chi connectivity index (χ1n) is 5.86. The molecule has 19 heavy (non-hydrogen) atoms. The average molecular weight is 264 g/mol. The largest absolute Gasteiger partial charge is 0.365 e. The lowest BCUT2D eigenvalue weighted by atomic mass is 10.1. The lowest BCUT2D eigenvalue weighted by molar-refractivity contribution is 0.585. The maximum absolute atomic E-state index is 13.6. The van der Waals surface area contributed by atoms with Crippen molar-refractivity contribution in [3.05, 3.63) is 42.0 Å². The van der Waals surface area contributed by atoms with Crippen LogP contribution >= 0.6 is 0 Å². The lowest BCUT2D eigenvalue weighted by Crippen LogP contribution is -2.25. The second-order valence-corrected chi connectivity index (χ2v) is 4.21. The van der Waals surface area contributed by atoms with Crippen LogP contribution in [0, 0.1) is 11.6 Å². The molecular formula is C13H14F2N4. The molecule has 0 bridgehead atoms. The van der Waals surface area contributed by atoms with Crippen LogP contribution in [0.1, 0.15) is 6.92 Å². The third kappa shape index (κ3) is 3.23. The normalized spacial score (nSPS) is 12.2. The van der Waals surface area contributed by atoms with Gasteiger partial charge in [0, 0.05) is 24.2 Å². The van der Waals surface area contributed by atoms with Crippen LogP contribution in [-0.4, -0.2) is 22.8 Å². The number of rotatable bonds is 4. The molecule has 1 aromatic carbocycles. The van der Waals surface area contributed by atoms with Crippen molar-refractivity contribution in [2.45, 2.75) is 13.0 Å². The van der Waals surface area contributed by atoms with E-state index >= 15 is 0 Å². The van der Waals surface area contributed by atoms with Gasteiger partial charge in [0.05, 0.1) is 5.69 Å². The first kappa shape index (κ1) is 13.4. The zero-order valence-corrected chi connectivity index (χ0v) is 10.4. The highest BCUT2D eigenvalue weighted by Gasteiger charge is 2.09. The molecule has 100 valence electrons. The van der Waals surface area contributed by atoms with Crippen molar-refractivity contribution in [2.75, 3.05) is 11.9 Å². The first-order valence-corrected chi connectivity index (χ1v) is 5.86. The third-order valence-corrected chi connectivity index (χ3v) is 2.62. The Kier molecular flexibility index (Phi) is 4.01. The molecule has 0 saturated heterocycles. The zero-order valence-electron chi connectivity index (χ0n) is 10.4. The summed E-state index contributed by atoms with van der Waals surface area (Å²) in [5.74, 6) is -0.723. The van der Waals surface area contributed by atoms with E-state index in [9.17, 15) is 8.78 Å². The Morgan fingerprint density at radius 2 is 2.00 bits per heavy atom. The summed E-state index contributed by atoms with van der Waals surface area (Å²) in [6.45, 7) is 2.38. The molecule has 1 atom stereocenters. The minimum Gasteiger partial charge on any atom is -0.365 e. The molecule has 2 rings (SSSR count). The van der Waals surface area contributed by atoms with Gasteiger partial charge in [-0.2, -0.15) is 0 Å². The van der Waals surface area contributed by atoms with Crippen molar-refractivity contribution in [3.63, 3.8) is 0 Å². The Balaban J connectivity index is 2.22. The maximum atomic E-state index is 13.6. The molecule has 0 saturated carbocycles. The van der Waals surface area contributed by atoms with E-state index in [2.05, 4.69) is 15.5 Å². The maximum Gasteiger partial charge on any atom is 0.148 e. The van der Waals surface area contributed by atoms with E-state index in [1.807, 2.05) is 6.92 Å². The Morgan fingerprint density at radius 1 is 1.21 bits per heavy atom. The molecule has 1 unspecified atom stereocenters. The molecule has 1 heterocycles. The quantitative estimate of drug-likeness (QED) is 0.888. The zero-order chi connectivity index (χ0) is 13.8. The van der Waals surface area contributed by atoms with Crippen LogP contribution in [-0.2, 0) is 0 Å². The Bertz CT molecular complexity index is 557. The van der Waals surface area contributed by atoms with Gasteiger partial charge in [0.1, 0.15) is 17.5 Å². The van der Waals surface area contributed by atoms with Crippen LogP contribution in [0.3, 0.4) is 0 Å². The summed E-state index contributed by atoms with van der Waals surface area (Å²) in [4.78, 5) is 0. The van der Waals surface area contributed by atoms with Gasteiger partial charge in [0.25, 0.3) is 0 Å². The number of nitrogens with zero attached hydrogens (tertiary/aromatic N) is 2. The second-order valence-electron chi connectivity index (χ2n) is 4.21. The summed E-state index contributed by atoms with van der Waals surface area (Å²) in [6, 6.07) is 6.71. The van der Waals surface area contributed by atoms with Gasteiger partial charge in [-0.3, -0.25) is 0 Å². The summed E-state index contributed by atoms with van der Waals surface area (Å²) in [5, 5.41) is 10.9. The number of nitrogens with two attached hydrogens (primary N) is 1. The Hall–Kier alpha value is -2.08. The Labute approximate surface area is 109 Å². The number of anilines is 1. The molecule has 4 nitrogen and oxygen atoms in total. The highest BCUT2D eigenvalue weighted by molar-refractivity contribution is 5.60. The van der Waals surface area contributed by atoms with E-state index in [0.717, 1.165) is 6.07 Å². The second kappa shape index (κ2) is 5.71. The number of aromatic nitrogens is 2. The topological polar surface area (TPSA) is 63.8 Å². The third-order valence-electron chi connectivity index (χ3n) is 2.62. The van der Waals surface area contributed by atoms with Crippen molar-refractivity contribution < 1.29 is 8.78 Å². The number of nitrogens with one attached hydrogen (secondary N) is 1. The molecule has 0 amide bonds. The van der Waals surface area contributed by atoms with E-state index in [0.29, 0.717) is 18.1 Å². The number of halogens is 2. The smallest absolute Gasteiger partial charge is 0.148 e. The summed E-state index contributed by atoms with van der Waals surface area (Å²) < 4.78 is 26.4. The minimum atomic E-state index is -0.662. The SMILES string of the molecule is CC(CN)Nc1ccc(-c2ccc(F)cc2F)nn1. The van der Waals surface area contributed by atoms with Crippen LogP contribution in [0.15, 0.2) is 30.3 Å². The number of benzene rings is 1. The number of hydrogen-bond donors (Lipinski definition) is 2. The van der Waals surface area contributed by atoms with Gasteiger partial charge in [-0.15, -0.1) is 10.2 Å². The summed E-state index contributed by atoms with van der Waals surface area (Å²) in [6.07, 6.45) is 0. The molecule has 0 radical (unpaired) electrons. The first-order chi connectivity index (χ1) is 9.10. The van der Waals surface area contributed by atoms with Gasteiger partial charge in [-0.25, -0.2) is 8.78 Å². The van der Waals surface area contributed by atoms with Crippen molar-refractivity contribution >= 4 is 5.82 Å². The highest BCUT2D eigenvalue weighted by atomic mass is 19.1. The summed E-state index contributed by atoms with van der Waals surface area (Å²) in [7, 11) is 0. The van der Waals surface area contributed by atoms with Crippen LogP contribution < -0.4 is 11.1 Å². The fourth-order valence-corrected chi connectivity index (χ4v) is 1.56. The molecule has 1 aromatic heterocycles. The molecule has 3 N–H and O–H groups in total. The summed E-state index contributed by atoms with van der Waals surface area (Å²) in [5.41, 5.74) is 6.04.